The molecule has 3 aliphatic rings. The summed E-state index contributed by atoms with van der Waals surface area (Å²) < 4.78 is 0. The lowest BCUT2D eigenvalue weighted by Crippen LogP contribution is -1.94. The Hall–Kier alpha value is -3.21. The maximum Gasteiger partial charge on any atom is 0.122 e. The van der Waals surface area contributed by atoms with Crippen LogP contribution >= 0.6 is 10.9 Å². The van der Waals surface area contributed by atoms with Crippen LogP contribution in [0.3, 0.4) is 0 Å². The van der Waals surface area contributed by atoms with E-state index in [0.717, 1.165) is 28.7 Å². The van der Waals surface area contributed by atoms with Crippen molar-refractivity contribution in [3.05, 3.63) is 137 Å². The summed E-state index contributed by atoms with van der Waals surface area (Å²) in [5, 5.41) is 0. The minimum atomic E-state index is 1.01. The lowest BCUT2D eigenvalue weighted by atomic mass is 10.1. The zero-order valence-corrected chi connectivity index (χ0v) is 15.7. The summed E-state index contributed by atoms with van der Waals surface area (Å²) in [6.45, 7) is 0. The van der Waals surface area contributed by atoms with Crippen molar-refractivity contribution < 1.29 is 0 Å². The molecule has 0 nitrogen and oxygen atoms in total. The third kappa shape index (κ3) is 4.91. The summed E-state index contributed by atoms with van der Waals surface area (Å²) in [6, 6.07) is 10.2. The van der Waals surface area contributed by atoms with Gasteiger partial charge in [-0.1, -0.05) is 24.3 Å². The highest BCUT2D eigenvalue weighted by atomic mass is 32.1. The summed E-state index contributed by atoms with van der Waals surface area (Å²) in [4.78, 5) is 2.45. The lowest BCUT2D eigenvalue weighted by molar-refractivity contribution is 1.34. The molecule has 0 fully saturated rings. The van der Waals surface area contributed by atoms with Crippen molar-refractivity contribution in [3.63, 3.8) is 0 Å². The van der Waals surface area contributed by atoms with Crippen LogP contribution in [-0.2, 0) is 0 Å². The topological polar surface area (TPSA) is 0 Å². The predicted molar refractivity (Wildman–Crippen MR) is 120 cm³/mol. The van der Waals surface area contributed by atoms with Crippen LogP contribution in [0.1, 0.15) is 12.0 Å². The van der Waals surface area contributed by atoms with Gasteiger partial charge in [-0.3, -0.25) is 0 Å². The average molecular weight is 364 g/mol. The molecule has 1 aromatic carbocycles. The smallest absolute Gasteiger partial charge is 0.122 e. The molecule has 0 heterocycles. The molecule has 128 valence electrons. The molecule has 27 heavy (non-hydrogen) atoms. The van der Waals surface area contributed by atoms with Crippen molar-refractivity contribution in [2.45, 2.75) is 6.42 Å². The van der Waals surface area contributed by atoms with Gasteiger partial charge in [0.2, 0.25) is 0 Å². The van der Waals surface area contributed by atoms with Gasteiger partial charge in [-0.15, -0.1) is 16.7 Å². The fourth-order valence-electron chi connectivity index (χ4n) is 2.81. The number of hydrogen-bond donors (Lipinski definition) is 0. The Labute approximate surface area is 164 Å². The van der Waals surface area contributed by atoms with Gasteiger partial charge >= 0.3 is 0 Å². The van der Waals surface area contributed by atoms with E-state index in [1.807, 2.05) is 18.2 Å². The number of benzene rings is 1. The largest absolute Gasteiger partial charge is 0.135 e. The summed E-state index contributed by atoms with van der Waals surface area (Å²) >= 11 is 0. The Morgan fingerprint density at radius 2 is 1.26 bits per heavy atom. The number of rotatable bonds is 1. The third-order valence-corrected chi connectivity index (χ3v) is 5.18. The van der Waals surface area contributed by atoms with Crippen molar-refractivity contribution >= 4 is 20.7 Å². The first kappa shape index (κ1) is 17.2. The molecule has 0 radical (unpaired) electrons. The van der Waals surface area contributed by atoms with Crippen LogP contribution in [0.25, 0.3) is 0 Å². The van der Waals surface area contributed by atoms with Crippen LogP contribution in [0.15, 0.2) is 126 Å². The Bertz CT molecular complexity index is 1030. The van der Waals surface area contributed by atoms with E-state index in [4.69, 9.17) is 0 Å². The molecule has 0 bridgehead atoms. The van der Waals surface area contributed by atoms with E-state index in [1.165, 1.54) is 9.73 Å². The van der Waals surface area contributed by atoms with Crippen molar-refractivity contribution in [1.29, 1.82) is 0 Å². The second kappa shape index (κ2) is 8.45. The Kier molecular flexibility index (Phi) is 5.39. The van der Waals surface area contributed by atoms with E-state index in [1.54, 1.807) is 10.9 Å². The molecule has 0 saturated heterocycles. The zero-order valence-electron chi connectivity index (χ0n) is 14.9. The number of allylic oxidation sites excluding steroid dienone is 14. The SMILES string of the molecule is C(=C1C=CCC=C1)=C1C=CC(=S=C2C=CC(=[C+]c3ccccc3)C=C2)C=C1. The van der Waals surface area contributed by atoms with Gasteiger partial charge in [-0.25, -0.2) is 0 Å². The van der Waals surface area contributed by atoms with Gasteiger partial charge in [-0.2, -0.15) is 0 Å². The quantitative estimate of drug-likeness (QED) is 0.323. The second-order valence-corrected chi connectivity index (χ2v) is 7.41. The molecule has 0 N–H and O–H groups in total. The maximum absolute atomic E-state index is 3.43. The van der Waals surface area contributed by atoms with Gasteiger partial charge < -0.3 is 0 Å². The molecule has 0 unspecified atom stereocenters. The highest BCUT2D eigenvalue weighted by Gasteiger charge is 2.04. The fourth-order valence-corrected chi connectivity index (χ4v) is 3.63. The van der Waals surface area contributed by atoms with Crippen LogP contribution < -0.4 is 0 Å². The van der Waals surface area contributed by atoms with E-state index < -0.39 is 0 Å². The van der Waals surface area contributed by atoms with Crippen LogP contribution in [0.2, 0.25) is 0 Å². The van der Waals surface area contributed by atoms with E-state index in [2.05, 4.69) is 96.9 Å². The average Bonchev–Trinajstić information content (AvgIpc) is 2.73. The van der Waals surface area contributed by atoms with E-state index >= 15 is 0 Å². The normalized spacial score (nSPS) is 17.4. The van der Waals surface area contributed by atoms with Gasteiger partial charge in [0.15, 0.2) is 0 Å². The number of hydrogen-bond acceptors (Lipinski definition) is 0. The lowest BCUT2D eigenvalue weighted by Gasteiger charge is -2.01. The molecule has 0 aliphatic heterocycles. The van der Waals surface area contributed by atoms with Crippen LogP contribution in [0.4, 0.5) is 0 Å². The Morgan fingerprint density at radius 1 is 0.667 bits per heavy atom. The summed E-state index contributed by atoms with van der Waals surface area (Å²) in [5.41, 5.74) is 7.85. The van der Waals surface area contributed by atoms with E-state index in [9.17, 15) is 0 Å². The van der Waals surface area contributed by atoms with Crippen LogP contribution in [0, 0.1) is 6.08 Å². The van der Waals surface area contributed by atoms with Gasteiger partial charge in [0, 0.05) is 51.2 Å². The van der Waals surface area contributed by atoms with Crippen molar-refractivity contribution in [3.8, 4) is 0 Å². The first-order valence-corrected chi connectivity index (χ1v) is 9.84. The van der Waals surface area contributed by atoms with Crippen molar-refractivity contribution in [2.24, 2.45) is 0 Å². The van der Waals surface area contributed by atoms with E-state index in [-0.39, 0.29) is 0 Å². The second-order valence-electron chi connectivity index (χ2n) is 6.26. The highest BCUT2D eigenvalue weighted by Crippen LogP contribution is 2.14. The Morgan fingerprint density at radius 3 is 1.93 bits per heavy atom. The molecule has 0 amide bonds. The van der Waals surface area contributed by atoms with Crippen LogP contribution in [-0.4, -0.2) is 9.73 Å². The molecule has 0 saturated carbocycles. The summed E-state index contributed by atoms with van der Waals surface area (Å²) in [7, 11) is 1.77. The molecule has 3 aliphatic carbocycles. The molecule has 1 heteroatoms. The summed E-state index contributed by atoms with van der Waals surface area (Å²) in [5.74, 6) is 0. The molecule has 0 aromatic heterocycles. The molecule has 4 rings (SSSR count). The van der Waals surface area contributed by atoms with Gasteiger partial charge in [0.05, 0.1) is 0 Å². The fraction of sp³-hybridized carbons (Fsp3) is 0.0385. The van der Waals surface area contributed by atoms with Gasteiger partial charge in [0.25, 0.3) is 0 Å². The maximum atomic E-state index is 3.43. The predicted octanol–water partition coefficient (Wildman–Crippen LogP) is 6.06. The Balaban J connectivity index is 1.52. The van der Waals surface area contributed by atoms with Gasteiger partial charge in [0.1, 0.15) is 11.1 Å². The molecular weight excluding hydrogens is 344 g/mol. The van der Waals surface area contributed by atoms with Gasteiger partial charge in [-0.05, 0) is 61.1 Å². The first-order chi connectivity index (χ1) is 13.3. The highest BCUT2D eigenvalue weighted by molar-refractivity contribution is 7.99. The molecule has 1 aromatic rings. The first-order valence-electron chi connectivity index (χ1n) is 9.02. The molecule has 0 atom stereocenters. The monoisotopic (exact) mass is 363 g/mol. The molecule has 0 spiro atoms. The zero-order chi connectivity index (χ0) is 18.3. The van der Waals surface area contributed by atoms with E-state index in [0.29, 0.717) is 0 Å². The minimum absolute atomic E-state index is 1.01. The van der Waals surface area contributed by atoms with Crippen molar-refractivity contribution in [2.75, 3.05) is 0 Å². The summed E-state index contributed by atoms with van der Waals surface area (Å²) in [6.07, 6.45) is 30.0. The third-order valence-electron chi connectivity index (χ3n) is 4.16. The standard InChI is InChI=1S/C26H19S/c1-3-7-21(8-4-1)19-23-11-15-25(16-12-23)27-26-17-13-24(14-18-26)20-22-9-5-2-6-10-22/h1,3-18H,2H2/q+1. The van der Waals surface area contributed by atoms with Crippen LogP contribution in [0.5, 0.6) is 0 Å². The minimum Gasteiger partial charge on any atom is -0.135 e. The van der Waals surface area contributed by atoms with Crippen molar-refractivity contribution in [1.82, 2.24) is 0 Å². The molecular formula is C26H19S+.